The van der Waals surface area contributed by atoms with E-state index in [-0.39, 0.29) is 6.04 Å². The van der Waals surface area contributed by atoms with Crippen LogP contribution in [0.4, 0.5) is 0 Å². The summed E-state index contributed by atoms with van der Waals surface area (Å²) in [6.45, 7) is 9.18. The summed E-state index contributed by atoms with van der Waals surface area (Å²) in [5.41, 5.74) is 8.15. The summed E-state index contributed by atoms with van der Waals surface area (Å²) in [5.74, 6) is 0. The Morgan fingerprint density at radius 3 is 2.25 bits per heavy atom. The second-order valence-corrected chi connectivity index (χ2v) is 7.47. The van der Waals surface area contributed by atoms with E-state index in [1.54, 1.807) is 0 Å². The van der Waals surface area contributed by atoms with Gasteiger partial charge in [-0.05, 0) is 56.0 Å². The fourth-order valence-electron chi connectivity index (χ4n) is 3.20. The van der Waals surface area contributed by atoms with Gasteiger partial charge in [-0.25, -0.2) is 0 Å². The van der Waals surface area contributed by atoms with Crippen LogP contribution in [0.15, 0.2) is 28.7 Å². The zero-order valence-corrected chi connectivity index (χ0v) is 14.5. The molecule has 0 aromatic heterocycles. The topological polar surface area (TPSA) is 29.3 Å². The number of nitrogens with zero attached hydrogens (tertiary/aromatic N) is 1. The molecule has 2 rings (SSSR count). The van der Waals surface area contributed by atoms with Crippen LogP contribution in [0, 0.1) is 5.41 Å². The molecule has 1 aliphatic rings. The van der Waals surface area contributed by atoms with E-state index >= 15 is 0 Å². The van der Waals surface area contributed by atoms with Crippen molar-refractivity contribution in [2.45, 2.75) is 52.1 Å². The van der Waals surface area contributed by atoms with Crippen molar-refractivity contribution in [1.29, 1.82) is 0 Å². The van der Waals surface area contributed by atoms with Gasteiger partial charge in [0.2, 0.25) is 0 Å². The predicted molar refractivity (Wildman–Crippen MR) is 89.7 cm³/mol. The molecule has 20 heavy (non-hydrogen) atoms. The van der Waals surface area contributed by atoms with Crippen molar-refractivity contribution in [3.05, 3.63) is 34.3 Å². The van der Waals surface area contributed by atoms with Crippen molar-refractivity contribution in [3.8, 4) is 0 Å². The molecule has 1 aromatic rings. The van der Waals surface area contributed by atoms with Crippen LogP contribution < -0.4 is 5.73 Å². The van der Waals surface area contributed by atoms with E-state index in [1.165, 1.54) is 24.8 Å². The summed E-state index contributed by atoms with van der Waals surface area (Å²) >= 11 is 3.51. The predicted octanol–water partition coefficient (Wildman–Crippen LogP) is 4.35. The molecule has 112 valence electrons. The van der Waals surface area contributed by atoms with E-state index in [1.807, 2.05) is 0 Å². The number of hydrogen-bond donors (Lipinski definition) is 1. The van der Waals surface area contributed by atoms with Gasteiger partial charge >= 0.3 is 0 Å². The number of piperidine rings is 1. The number of hydrogen-bond acceptors (Lipinski definition) is 2. The van der Waals surface area contributed by atoms with Crippen LogP contribution in [-0.4, -0.2) is 24.0 Å². The van der Waals surface area contributed by atoms with E-state index in [0.29, 0.717) is 11.5 Å². The van der Waals surface area contributed by atoms with E-state index in [0.717, 1.165) is 17.6 Å². The van der Waals surface area contributed by atoms with Crippen molar-refractivity contribution in [1.82, 2.24) is 4.90 Å². The molecule has 2 nitrogen and oxygen atoms in total. The van der Waals surface area contributed by atoms with Crippen LogP contribution in [0.2, 0.25) is 0 Å². The Morgan fingerprint density at radius 2 is 1.80 bits per heavy atom. The zero-order valence-electron chi connectivity index (χ0n) is 12.9. The molecule has 3 heteroatoms. The maximum atomic E-state index is 6.28. The lowest BCUT2D eigenvalue weighted by Gasteiger charge is -2.43. The Labute approximate surface area is 131 Å². The monoisotopic (exact) mass is 338 g/mol. The number of nitrogens with two attached hydrogens (primary N) is 1. The Morgan fingerprint density at radius 1 is 1.25 bits per heavy atom. The summed E-state index contributed by atoms with van der Waals surface area (Å²) < 4.78 is 1.13. The Bertz CT molecular complexity index is 419. The highest BCUT2D eigenvalue weighted by molar-refractivity contribution is 9.10. The van der Waals surface area contributed by atoms with E-state index < -0.39 is 0 Å². The molecule has 0 radical (unpaired) electrons. The molecule has 0 aliphatic carbocycles. The van der Waals surface area contributed by atoms with Crippen LogP contribution >= 0.6 is 15.9 Å². The largest absolute Gasteiger partial charge is 0.326 e. The first-order chi connectivity index (χ1) is 9.45. The lowest BCUT2D eigenvalue weighted by atomic mass is 9.77. The van der Waals surface area contributed by atoms with Gasteiger partial charge in [-0.3, -0.25) is 4.90 Å². The minimum Gasteiger partial charge on any atom is -0.326 e. The van der Waals surface area contributed by atoms with Crippen LogP contribution in [0.1, 0.15) is 51.6 Å². The average Bonchev–Trinajstić information content (AvgIpc) is 2.43. The summed E-state index contributed by atoms with van der Waals surface area (Å²) in [4.78, 5) is 2.57. The maximum Gasteiger partial charge on any atom is 0.0496 e. The molecule has 1 saturated heterocycles. The molecule has 1 fully saturated rings. The molecule has 0 amide bonds. The first kappa shape index (κ1) is 16.0. The van der Waals surface area contributed by atoms with Crippen molar-refractivity contribution < 1.29 is 0 Å². The van der Waals surface area contributed by atoms with E-state index in [9.17, 15) is 0 Å². The van der Waals surface area contributed by atoms with Crippen molar-refractivity contribution in [2.75, 3.05) is 13.1 Å². The molecule has 0 bridgehead atoms. The van der Waals surface area contributed by atoms with Gasteiger partial charge in [0.05, 0.1) is 0 Å². The number of likely N-dealkylation sites (tertiary alicyclic amines) is 1. The van der Waals surface area contributed by atoms with E-state index in [4.69, 9.17) is 5.73 Å². The Balaban J connectivity index is 2.13. The standard InChI is InChI=1S/C17H27BrN2/c1-4-17(3)9-11-20(12-10-17)16(13(2)19)14-5-7-15(18)8-6-14/h5-8,13,16H,4,9-12,19H2,1-3H3. The quantitative estimate of drug-likeness (QED) is 0.884. The average molecular weight is 339 g/mol. The van der Waals surface area contributed by atoms with Crippen LogP contribution in [0.25, 0.3) is 0 Å². The van der Waals surface area contributed by atoms with Crippen molar-refractivity contribution in [2.24, 2.45) is 11.1 Å². The maximum absolute atomic E-state index is 6.28. The number of rotatable bonds is 4. The Kier molecular flexibility index (Phi) is 5.27. The van der Waals surface area contributed by atoms with Gasteiger partial charge in [0.25, 0.3) is 0 Å². The SMILES string of the molecule is CCC1(C)CCN(C(c2ccc(Br)cc2)C(C)N)CC1. The van der Waals surface area contributed by atoms with Gasteiger partial charge < -0.3 is 5.73 Å². The lowest BCUT2D eigenvalue weighted by Crippen LogP contribution is -2.45. The molecule has 0 spiro atoms. The van der Waals surface area contributed by atoms with E-state index in [2.05, 4.69) is 65.9 Å². The molecule has 1 aliphatic heterocycles. The van der Waals surface area contributed by atoms with Gasteiger partial charge in [0.15, 0.2) is 0 Å². The first-order valence-electron chi connectivity index (χ1n) is 7.70. The number of halogens is 1. The van der Waals surface area contributed by atoms with Gasteiger partial charge in [-0.1, -0.05) is 48.3 Å². The third-order valence-electron chi connectivity index (χ3n) is 4.96. The molecule has 2 atom stereocenters. The van der Waals surface area contributed by atoms with Crippen LogP contribution in [0.3, 0.4) is 0 Å². The molecular formula is C17H27BrN2. The molecule has 0 saturated carbocycles. The summed E-state index contributed by atoms with van der Waals surface area (Å²) in [7, 11) is 0. The zero-order chi connectivity index (χ0) is 14.8. The third kappa shape index (κ3) is 3.63. The van der Waals surface area contributed by atoms with Crippen LogP contribution in [-0.2, 0) is 0 Å². The second kappa shape index (κ2) is 6.59. The molecular weight excluding hydrogens is 312 g/mol. The number of benzene rings is 1. The van der Waals surface area contributed by atoms with Gasteiger partial charge in [-0.2, -0.15) is 0 Å². The smallest absolute Gasteiger partial charge is 0.0496 e. The summed E-state index contributed by atoms with van der Waals surface area (Å²) in [5, 5.41) is 0. The highest BCUT2D eigenvalue weighted by Gasteiger charge is 2.33. The van der Waals surface area contributed by atoms with Crippen molar-refractivity contribution >= 4 is 15.9 Å². The second-order valence-electron chi connectivity index (χ2n) is 6.56. The Hall–Kier alpha value is -0.380. The first-order valence-corrected chi connectivity index (χ1v) is 8.49. The molecule has 2 unspecified atom stereocenters. The minimum atomic E-state index is 0.155. The summed E-state index contributed by atoms with van der Waals surface area (Å²) in [6, 6.07) is 9.12. The van der Waals surface area contributed by atoms with Gasteiger partial charge in [0, 0.05) is 16.6 Å². The minimum absolute atomic E-state index is 0.155. The molecule has 1 heterocycles. The lowest BCUT2D eigenvalue weighted by molar-refractivity contribution is 0.0721. The fourth-order valence-corrected chi connectivity index (χ4v) is 3.47. The third-order valence-corrected chi connectivity index (χ3v) is 5.49. The molecule has 2 N–H and O–H groups in total. The van der Waals surface area contributed by atoms with Gasteiger partial charge in [-0.15, -0.1) is 0 Å². The highest BCUT2D eigenvalue weighted by atomic mass is 79.9. The summed E-state index contributed by atoms with van der Waals surface area (Å²) in [6.07, 6.45) is 3.84. The highest BCUT2D eigenvalue weighted by Crippen LogP contribution is 2.37. The van der Waals surface area contributed by atoms with Crippen molar-refractivity contribution in [3.63, 3.8) is 0 Å². The van der Waals surface area contributed by atoms with Crippen LogP contribution in [0.5, 0.6) is 0 Å². The van der Waals surface area contributed by atoms with Gasteiger partial charge in [0.1, 0.15) is 0 Å². The molecule has 1 aromatic carbocycles. The fraction of sp³-hybridized carbons (Fsp3) is 0.647. The normalized spacial score (nSPS) is 22.4.